The number of amides is 1. The van der Waals surface area contributed by atoms with Gasteiger partial charge in [-0.1, -0.05) is 96.8 Å². The van der Waals surface area contributed by atoms with Crippen molar-refractivity contribution in [1.82, 2.24) is 0 Å². The van der Waals surface area contributed by atoms with Gasteiger partial charge in [0.25, 0.3) is 0 Å². The molecule has 0 spiro atoms. The molecule has 3 nitrogen and oxygen atoms in total. The summed E-state index contributed by atoms with van der Waals surface area (Å²) in [5.74, 6) is 1.41. The normalized spacial score (nSPS) is 13.9. The Bertz CT molecular complexity index is 478. The van der Waals surface area contributed by atoms with Crippen molar-refractivity contribution >= 4 is 5.91 Å². The van der Waals surface area contributed by atoms with Crippen molar-refractivity contribution in [3.63, 3.8) is 0 Å². The lowest BCUT2D eigenvalue weighted by atomic mass is 9.99. The van der Waals surface area contributed by atoms with Gasteiger partial charge < -0.3 is 10.5 Å². The maximum absolute atomic E-state index is 10.6. The minimum absolute atomic E-state index is 0.423. The molecule has 1 amide bonds. The zero-order valence-electron chi connectivity index (χ0n) is 17.7. The molecule has 154 valence electrons. The van der Waals surface area contributed by atoms with Crippen molar-refractivity contribution in [2.75, 3.05) is 7.11 Å². The van der Waals surface area contributed by atoms with E-state index in [4.69, 9.17) is 10.5 Å². The van der Waals surface area contributed by atoms with Crippen LogP contribution >= 0.6 is 0 Å². The fourth-order valence-corrected chi connectivity index (χ4v) is 3.80. The second-order valence-electron chi connectivity index (χ2n) is 7.86. The van der Waals surface area contributed by atoms with Gasteiger partial charge in [0.05, 0.1) is 7.11 Å². The number of ether oxygens (including phenoxy) is 1. The molecule has 0 bridgehead atoms. The first kappa shape index (κ1) is 23.5. The Morgan fingerprint density at radius 1 is 0.926 bits per heavy atom. The van der Waals surface area contributed by atoms with Crippen LogP contribution in [0.15, 0.2) is 24.3 Å². The van der Waals surface area contributed by atoms with E-state index in [-0.39, 0.29) is 0 Å². The van der Waals surface area contributed by atoms with Gasteiger partial charge in [-0.2, -0.15) is 0 Å². The molecule has 0 saturated heterocycles. The predicted octanol–water partition coefficient (Wildman–Crippen LogP) is 6.89. The first-order valence-electron chi connectivity index (χ1n) is 11.1. The Kier molecular flexibility index (Phi) is 13.5. The average Bonchev–Trinajstić information content (AvgIpc) is 3.21. The summed E-state index contributed by atoms with van der Waals surface area (Å²) >= 11 is 0. The largest absolute Gasteiger partial charge is 0.497 e. The second-order valence-corrected chi connectivity index (χ2v) is 7.86. The maximum Gasteiger partial charge on any atom is 0.248 e. The Hall–Kier alpha value is -1.51. The topological polar surface area (TPSA) is 52.3 Å². The minimum atomic E-state index is -0.423. The molecule has 2 N–H and O–H groups in total. The summed E-state index contributed by atoms with van der Waals surface area (Å²) in [4.78, 5) is 10.6. The number of primary amides is 1. The number of unbranched alkanes of at least 4 members (excludes halogenated alkanes) is 8. The van der Waals surface area contributed by atoms with E-state index in [0.29, 0.717) is 5.56 Å². The molecule has 1 saturated carbocycles. The highest BCUT2D eigenvalue weighted by atomic mass is 16.5. The van der Waals surface area contributed by atoms with E-state index >= 15 is 0 Å². The monoisotopic (exact) mass is 375 g/mol. The lowest BCUT2D eigenvalue weighted by Crippen LogP contribution is -2.10. The fraction of sp³-hybridized carbons (Fsp3) is 0.708. The molecule has 1 aromatic carbocycles. The van der Waals surface area contributed by atoms with Gasteiger partial charge in [-0.3, -0.25) is 4.79 Å². The van der Waals surface area contributed by atoms with Crippen LogP contribution in [0, 0.1) is 5.92 Å². The Balaban J connectivity index is 0.000000289. The molecule has 0 unspecified atom stereocenters. The first-order chi connectivity index (χ1) is 13.2. The number of nitrogens with two attached hydrogens (primary N) is 1. The summed E-state index contributed by atoms with van der Waals surface area (Å²) < 4.78 is 4.90. The van der Waals surface area contributed by atoms with Crippen LogP contribution in [0.3, 0.4) is 0 Å². The highest BCUT2D eigenvalue weighted by Crippen LogP contribution is 2.29. The minimum Gasteiger partial charge on any atom is -0.497 e. The summed E-state index contributed by atoms with van der Waals surface area (Å²) in [5, 5.41) is 0. The van der Waals surface area contributed by atoms with E-state index in [9.17, 15) is 4.79 Å². The predicted molar refractivity (Wildman–Crippen MR) is 115 cm³/mol. The number of benzene rings is 1. The molecule has 1 aliphatic rings. The summed E-state index contributed by atoms with van der Waals surface area (Å²) in [6.45, 7) is 2.29. The fourth-order valence-electron chi connectivity index (χ4n) is 3.80. The molecule has 0 radical (unpaired) electrons. The van der Waals surface area contributed by atoms with Crippen molar-refractivity contribution in [3.05, 3.63) is 29.8 Å². The summed E-state index contributed by atoms with van der Waals surface area (Å²) in [6, 6.07) is 6.64. The zero-order valence-corrected chi connectivity index (χ0v) is 17.7. The summed E-state index contributed by atoms with van der Waals surface area (Å²) in [5.41, 5.74) is 5.52. The smallest absolute Gasteiger partial charge is 0.248 e. The number of rotatable bonds is 12. The lowest BCUT2D eigenvalue weighted by Gasteiger charge is -2.07. The molecule has 2 rings (SSSR count). The van der Waals surface area contributed by atoms with Crippen molar-refractivity contribution in [3.8, 4) is 5.75 Å². The van der Waals surface area contributed by atoms with Gasteiger partial charge >= 0.3 is 0 Å². The van der Waals surface area contributed by atoms with Crippen molar-refractivity contribution in [2.24, 2.45) is 11.7 Å². The quantitative estimate of drug-likeness (QED) is 0.404. The van der Waals surface area contributed by atoms with E-state index in [1.165, 1.54) is 89.9 Å². The van der Waals surface area contributed by atoms with E-state index in [0.717, 1.165) is 11.7 Å². The maximum atomic E-state index is 10.6. The Morgan fingerprint density at radius 3 is 1.93 bits per heavy atom. The van der Waals surface area contributed by atoms with Gasteiger partial charge in [-0.25, -0.2) is 0 Å². The Labute approximate surface area is 167 Å². The third-order valence-electron chi connectivity index (χ3n) is 5.57. The average molecular weight is 376 g/mol. The number of hydrogen-bond acceptors (Lipinski definition) is 2. The van der Waals surface area contributed by atoms with Crippen LogP contribution in [0.1, 0.15) is 107 Å². The summed E-state index contributed by atoms with van der Waals surface area (Å²) in [6.07, 6.45) is 20.9. The van der Waals surface area contributed by atoms with Crippen molar-refractivity contribution < 1.29 is 9.53 Å². The molecular formula is C24H41NO2. The van der Waals surface area contributed by atoms with Crippen LogP contribution in [0.25, 0.3) is 0 Å². The van der Waals surface area contributed by atoms with E-state index < -0.39 is 5.91 Å². The van der Waals surface area contributed by atoms with Crippen LogP contribution in [0.4, 0.5) is 0 Å². The molecule has 27 heavy (non-hydrogen) atoms. The third kappa shape index (κ3) is 11.7. The highest BCUT2D eigenvalue weighted by molar-refractivity contribution is 5.92. The van der Waals surface area contributed by atoms with Gasteiger partial charge in [0, 0.05) is 5.56 Å². The number of carbonyl (C=O) groups is 1. The molecule has 3 heteroatoms. The molecule has 0 heterocycles. The lowest BCUT2D eigenvalue weighted by molar-refractivity contribution is 0.100. The molecule has 1 fully saturated rings. The number of hydrogen-bond donors (Lipinski definition) is 1. The standard InChI is InChI=1S/C16H32.C8H9NO2/c1-2-3-4-5-6-7-8-9-10-13-16-14-11-12-15-16;1-11-7-4-2-6(3-5-7)8(9)10/h16H,2-15H2,1H3;2-5H,1H3,(H2,9,10). The van der Waals surface area contributed by atoms with Crippen LogP contribution in [-0.2, 0) is 0 Å². The number of methoxy groups -OCH3 is 1. The molecule has 1 aliphatic carbocycles. The van der Waals surface area contributed by atoms with Crippen molar-refractivity contribution in [2.45, 2.75) is 96.8 Å². The second kappa shape index (κ2) is 15.5. The number of carbonyl (C=O) groups excluding carboxylic acids is 1. The SMILES string of the molecule is CCCCCCCCCCCC1CCCC1.COc1ccc(C(N)=O)cc1. The third-order valence-corrected chi connectivity index (χ3v) is 5.57. The van der Waals surface area contributed by atoms with Gasteiger partial charge in [0.2, 0.25) is 5.91 Å². The van der Waals surface area contributed by atoms with Crippen LogP contribution in [0.2, 0.25) is 0 Å². The van der Waals surface area contributed by atoms with Crippen LogP contribution in [0.5, 0.6) is 5.75 Å². The molecular weight excluding hydrogens is 334 g/mol. The van der Waals surface area contributed by atoms with Crippen molar-refractivity contribution in [1.29, 1.82) is 0 Å². The first-order valence-corrected chi connectivity index (χ1v) is 11.1. The van der Waals surface area contributed by atoms with Gasteiger partial charge in [0.1, 0.15) is 5.75 Å². The van der Waals surface area contributed by atoms with Gasteiger partial charge in [-0.05, 0) is 30.2 Å². The van der Waals surface area contributed by atoms with E-state index in [1.807, 2.05) is 0 Å². The van der Waals surface area contributed by atoms with Crippen LogP contribution < -0.4 is 10.5 Å². The van der Waals surface area contributed by atoms with Crippen LogP contribution in [-0.4, -0.2) is 13.0 Å². The molecule has 0 aliphatic heterocycles. The molecule has 0 atom stereocenters. The Morgan fingerprint density at radius 2 is 1.44 bits per heavy atom. The molecule has 1 aromatic rings. The van der Waals surface area contributed by atoms with E-state index in [2.05, 4.69) is 6.92 Å². The van der Waals surface area contributed by atoms with Gasteiger partial charge in [-0.15, -0.1) is 0 Å². The zero-order chi connectivity index (χ0) is 19.7. The highest BCUT2D eigenvalue weighted by Gasteiger charge is 2.13. The summed E-state index contributed by atoms with van der Waals surface area (Å²) in [7, 11) is 1.57. The van der Waals surface area contributed by atoms with E-state index in [1.54, 1.807) is 31.4 Å². The van der Waals surface area contributed by atoms with Gasteiger partial charge in [0.15, 0.2) is 0 Å². The molecule has 0 aromatic heterocycles.